The topological polar surface area (TPSA) is 90.5 Å². The first kappa shape index (κ1) is 16.3. The van der Waals surface area contributed by atoms with Crippen molar-refractivity contribution in [3.8, 4) is 0 Å². The Morgan fingerprint density at radius 3 is 2.95 bits per heavy atom. The zero-order chi connectivity index (χ0) is 16.1. The Bertz CT molecular complexity index is 531. The van der Waals surface area contributed by atoms with Crippen LogP contribution in [0, 0.1) is 10.1 Å². The number of likely N-dealkylation sites (tertiary alicyclic amines) is 1. The molecule has 0 unspecified atom stereocenters. The Labute approximate surface area is 129 Å². The van der Waals surface area contributed by atoms with Gasteiger partial charge in [0.2, 0.25) is 0 Å². The van der Waals surface area contributed by atoms with Crippen LogP contribution in [0.4, 0.5) is 10.5 Å². The fraction of sp³-hybridized carbons (Fsp3) is 0.714. The normalized spacial score (nSPS) is 21.6. The van der Waals surface area contributed by atoms with Crippen molar-refractivity contribution >= 4 is 11.8 Å². The summed E-state index contributed by atoms with van der Waals surface area (Å²) in [6, 6.07) is 0.0968. The lowest BCUT2D eigenvalue weighted by Crippen LogP contribution is -2.45. The molecule has 0 N–H and O–H groups in total. The molecule has 1 aromatic heterocycles. The minimum atomic E-state index is -0.451. The van der Waals surface area contributed by atoms with Gasteiger partial charge in [-0.15, -0.1) is 0 Å². The molecule has 122 valence electrons. The summed E-state index contributed by atoms with van der Waals surface area (Å²) in [5.74, 6) is 0. The van der Waals surface area contributed by atoms with Crippen molar-refractivity contribution in [2.45, 2.75) is 51.6 Å². The highest BCUT2D eigenvalue weighted by atomic mass is 16.6. The van der Waals surface area contributed by atoms with E-state index < -0.39 is 4.92 Å². The number of unbranched alkanes of at least 4 members (excludes halogenated alkanes) is 1. The highest BCUT2D eigenvalue weighted by molar-refractivity contribution is 5.68. The average molecular weight is 310 g/mol. The summed E-state index contributed by atoms with van der Waals surface area (Å²) >= 11 is 0. The quantitative estimate of drug-likeness (QED) is 0.474. The molecule has 8 nitrogen and oxygen atoms in total. The van der Waals surface area contributed by atoms with Crippen LogP contribution in [0.2, 0.25) is 0 Å². The number of nitrogens with zero attached hydrogens (tertiary/aromatic N) is 4. The van der Waals surface area contributed by atoms with Gasteiger partial charge in [0.25, 0.3) is 0 Å². The van der Waals surface area contributed by atoms with Crippen LogP contribution in [0.5, 0.6) is 0 Å². The van der Waals surface area contributed by atoms with Gasteiger partial charge in [-0.1, -0.05) is 13.3 Å². The summed E-state index contributed by atoms with van der Waals surface area (Å²) in [5, 5.41) is 14.8. The van der Waals surface area contributed by atoms with Gasteiger partial charge >= 0.3 is 11.8 Å². The lowest BCUT2D eigenvalue weighted by atomic mass is 9.99. The van der Waals surface area contributed by atoms with Crippen molar-refractivity contribution in [2.24, 2.45) is 0 Å². The van der Waals surface area contributed by atoms with E-state index in [-0.39, 0.29) is 23.9 Å². The maximum Gasteiger partial charge on any atom is 0.409 e. The van der Waals surface area contributed by atoms with Crippen LogP contribution in [0.25, 0.3) is 0 Å². The molecule has 1 saturated heterocycles. The number of nitro groups is 1. The number of carbonyl (C=O) groups excluding carboxylic acids is 1. The third-order valence-electron chi connectivity index (χ3n) is 3.98. The third-order valence-corrected chi connectivity index (χ3v) is 3.98. The first-order valence-corrected chi connectivity index (χ1v) is 7.64. The van der Waals surface area contributed by atoms with Gasteiger partial charge in [-0.25, -0.2) is 4.79 Å². The molecule has 0 radical (unpaired) electrons. The second-order valence-corrected chi connectivity index (χ2v) is 5.62. The van der Waals surface area contributed by atoms with Crippen molar-refractivity contribution in [1.82, 2.24) is 14.7 Å². The second kappa shape index (κ2) is 7.24. The van der Waals surface area contributed by atoms with E-state index in [2.05, 4.69) is 5.10 Å². The van der Waals surface area contributed by atoms with E-state index in [0.29, 0.717) is 26.0 Å². The number of hydrogen-bond donors (Lipinski definition) is 0. The van der Waals surface area contributed by atoms with E-state index in [1.807, 2.05) is 13.8 Å². The highest BCUT2D eigenvalue weighted by Gasteiger charge is 2.31. The molecule has 0 bridgehead atoms. The largest absolute Gasteiger partial charge is 0.449 e. The van der Waals surface area contributed by atoms with Crippen molar-refractivity contribution in [3.63, 3.8) is 0 Å². The summed E-state index contributed by atoms with van der Waals surface area (Å²) in [6.07, 6.45) is 5.72. The number of aromatic nitrogens is 2. The molecule has 1 aliphatic heterocycles. The van der Waals surface area contributed by atoms with Crippen molar-refractivity contribution in [1.29, 1.82) is 0 Å². The molecule has 2 atom stereocenters. The van der Waals surface area contributed by atoms with E-state index in [1.165, 1.54) is 12.4 Å². The standard InChI is InChI=1S/C14H22N4O4/c1-3-4-7-22-14(19)16-6-5-12(8-11(16)2)17-10-13(9-15-17)18(20)21/h9-12H,3-8H2,1-2H3/t11-,12-/m0/s1. The van der Waals surface area contributed by atoms with Gasteiger partial charge < -0.3 is 9.64 Å². The minimum absolute atomic E-state index is 0.00550. The van der Waals surface area contributed by atoms with Crippen LogP contribution in [0.3, 0.4) is 0 Å². The Kier molecular flexibility index (Phi) is 5.35. The predicted octanol–water partition coefficient (Wildman–Crippen LogP) is 2.75. The summed E-state index contributed by atoms with van der Waals surface area (Å²) in [7, 11) is 0. The monoisotopic (exact) mass is 310 g/mol. The van der Waals surface area contributed by atoms with Gasteiger partial charge in [-0.05, 0) is 26.2 Å². The van der Waals surface area contributed by atoms with Gasteiger partial charge in [-0.3, -0.25) is 14.8 Å². The number of carbonyl (C=O) groups is 1. The van der Waals surface area contributed by atoms with Crippen LogP contribution < -0.4 is 0 Å². The van der Waals surface area contributed by atoms with Crippen LogP contribution in [0.15, 0.2) is 12.4 Å². The van der Waals surface area contributed by atoms with E-state index in [4.69, 9.17) is 4.74 Å². The van der Waals surface area contributed by atoms with E-state index in [9.17, 15) is 14.9 Å². The van der Waals surface area contributed by atoms with E-state index in [0.717, 1.165) is 12.8 Å². The van der Waals surface area contributed by atoms with Crippen molar-refractivity contribution in [3.05, 3.63) is 22.5 Å². The predicted molar refractivity (Wildman–Crippen MR) is 79.6 cm³/mol. The second-order valence-electron chi connectivity index (χ2n) is 5.62. The molecule has 0 spiro atoms. The maximum absolute atomic E-state index is 12.0. The molecule has 0 saturated carbocycles. The Morgan fingerprint density at radius 2 is 2.36 bits per heavy atom. The Morgan fingerprint density at radius 1 is 1.59 bits per heavy atom. The molecular weight excluding hydrogens is 288 g/mol. The number of piperidine rings is 1. The van der Waals surface area contributed by atoms with Crippen molar-refractivity contribution in [2.75, 3.05) is 13.2 Å². The maximum atomic E-state index is 12.0. The van der Waals surface area contributed by atoms with Gasteiger partial charge in [-0.2, -0.15) is 5.10 Å². The Balaban J connectivity index is 1.91. The fourth-order valence-electron chi connectivity index (χ4n) is 2.67. The lowest BCUT2D eigenvalue weighted by Gasteiger charge is -2.36. The van der Waals surface area contributed by atoms with E-state index >= 15 is 0 Å². The molecule has 22 heavy (non-hydrogen) atoms. The lowest BCUT2D eigenvalue weighted by molar-refractivity contribution is -0.385. The first-order chi connectivity index (χ1) is 10.5. The third kappa shape index (κ3) is 3.75. The SMILES string of the molecule is CCCCOC(=O)N1CC[C@H](n2cc([N+](=O)[O-])cn2)C[C@@H]1C. The fourth-order valence-corrected chi connectivity index (χ4v) is 2.67. The first-order valence-electron chi connectivity index (χ1n) is 7.64. The van der Waals surface area contributed by atoms with Crippen molar-refractivity contribution < 1.29 is 14.5 Å². The van der Waals surface area contributed by atoms with Crippen LogP contribution >= 0.6 is 0 Å². The Hall–Kier alpha value is -2.12. The molecule has 1 fully saturated rings. The minimum Gasteiger partial charge on any atom is -0.449 e. The van der Waals surface area contributed by atoms with Gasteiger partial charge in [0.1, 0.15) is 12.4 Å². The molecule has 1 aromatic rings. The number of amides is 1. The molecule has 8 heteroatoms. The highest BCUT2D eigenvalue weighted by Crippen LogP contribution is 2.28. The summed E-state index contributed by atoms with van der Waals surface area (Å²) in [4.78, 5) is 24.0. The van der Waals surface area contributed by atoms with Gasteiger partial charge in [0.05, 0.1) is 17.6 Å². The van der Waals surface area contributed by atoms with Gasteiger partial charge in [0.15, 0.2) is 0 Å². The zero-order valence-corrected chi connectivity index (χ0v) is 13.0. The van der Waals surface area contributed by atoms with Crippen LogP contribution in [-0.2, 0) is 4.74 Å². The summed E-state index contributed by atoms with van der Waals surface area (Å²) < 4.78 is 6.88. The molecule has 1 aliphatic rings. The molecule has 0 aromatic carbocycles. The molecule has 2 rings (SSSR count). The summed E-state index contributed by atoms with van der Waals surface area (Å²) in [6.45, 7) is 5.04. The molecule has 1 amide bonds. The van der Waals surface area contributed by atoms with Crippen LogP contribution in [-0.4, -0.2) is 44.9 Å². The smallest absolute Gasteiger partial charge is 0.409 e. The molecular formula is C14H22N4O4. The van der Waals surface area contributed by atoms with Crippen LogP contribution in [0.1, 0.15) is 45.6 Å². The molecule has 0 aliphatic carbocycles. The summed E-state index contributed by atoms with van der Waals surface area (Å²) in [5.41, 5.74) is -0.00550. The number of ether oxygens (including phenoxy) is 1. The van der Waals surface area contributed by atoms with E-state index in [1.54, 1.807) is 9.58 Å². The zero-order valence-electron chi connectivity index (χ0n) is 13.0. The molecule has 2 heterocycles. The average Bonchev–Trinajstić information content (AvgIpc) is 2.97. The van der Waals surface area contributed by atoms with Gasteiger partial charge in [0, 0.05) is 12.6 Å². The number of rotatable bonds is 5. The number of hydrogen-bond acceptors (Lipinski definition) is 5.